The highest BCUT2D eigenvalue weighted by Crippen LogP contribution is 2.41. The Bertz CT molecular complexity index is 1680. The number of aliphatic hydroxyl groups is 1. The van der Waals surface area contributed by atoms with Crippen LogP contribution in [0.4, 0.5) is 5.69 Å². The number of benzene rings is 2. The molecule has 11 nitrogen and oxygen atoms in total. The van der Waals surface area contributed by atoms with Crippen LogP contribution in [0.15, 0.2) is 42.6 Å². The van der Waals surface area contributed by atoms with E-state index >= 15 is 0 Å². The Hall–Kier alpha value is -3.87. The van der Waals surface area contributed by atoms with Gasteiger partial charge >= 0.3 is 0 Å². The van der Waals surface area contributed by atoms with Crippen molar-refractivity contribution in [1.29, 1.82) is 0 Å². The first kappa shape index (κ1) is 30.6. The number of rotatable bonds is 10. The van der Waals surface area contributed by atoms with E-state index in [0.29, 0.717) is 68.3 Å². The lowest BCUT2D eigenvalue weighted by atomic mass is 10.0. The smallest absolute Gasteiger partial charge is 0.291 e. The molecule has 1 aliphatic heterocycles. The highest BCUT2D eigenvalue weighted by Gasteiger charge is 2.25. The van der Waals surface area contributed by atoms with Gasteiger partial charge in [-0.05, 0) is 19.2 Å². The summed E-state index contributed by atoms with van der Waals surface area (Å²) in [6.07, 6.45) is 3.03. The molecule has 5 rings (SSSR count). The average molecular weight is 625 g/mol. The van der Waals surface area contributed by atoms with Crippen molar-refractivity contribution in [2.24, 2.45) is 7.05 Å². The van der Waals surface area contributed by atoms with Crippen LogP contribution in [-0.4, -0.2) is 75.1 Å². The second kappa shape index (κ2) is 13.2. The van der Waals surface area contributed by atoms with Gasteiger partial charge in [-0.25, -0.2) is 9.97 Å². The number of amides is 1. The number of aliphatic hydroxyl groups excluding tert-OH is 1. The molecular weight excluding hydrogens is 593 g/mol. The zero-order valence-electron chi connectivity index (χ0n) is 23.9. The Morgan fingerprint density at radius 3 is 2.56 bits per heavy atom. The van der Waals surface area contributed by atoms with Gasteiger partial charge in [-0.1, -0.05) is 47.5 Å². The normalized spacial score (nSPS) is 13.8. The number of anilines is 1. The molecule has 2 aromatic heterocycles. The molecule has 0 fully saturated rings. The van der Waals surface area contributed by atoms with Gasteiger partial charge in [-0.15, -0.1) is 0 Å². The van der Waals surface area contributed by atoms with Crippen LogP contribution in [0.1, 0.15) is 27.6 Å². The molecule has 43 heavy (non-hydrogen) atoms. The SMILES string of the molecule is COc1nc(-c2cccc(-c3cccc(NC(=O)c4nc5c(n4C)CCN(C)C5)c3Cl)c2Cl)ncc1CNC(C=O)CO. The number of hydrogen-bond acceptors (Lipinski definition) is 9. The van der Waals surface area contributed by atoms with Gasteiger partial charge in [0.15, 0.2) is 11.6 Å². The van der Waals surface area contributed by atoms with Gasteiger partial charge < -0.3 is 34.7 Å². The minimum absolute atomic E-state index is 0.216. The van der Waals surface area contributed by atoms with Gasteiger partial charge in [-0.3, -0.25) is 4.79 Å². The van der Waals surface area contributed by atoms with Crippen LogP contribution in [0.2, 0.25) is 10.0 Å². The van der Waals surface area contributed by atoms with E-state index in [2.05, 4.69) is 30.5 Å². The predicted molar refractivity (Wildman–Crippen MR) is 164 cm³/mol. The second-order valence-corrected chi connectivity index (χ2v) is 11.0. The molecule has 0 aliphatic carbocycles. The zero-order chi connectivity index (χ0) is 30.7. The van der Waals surface area contributed by atoms with Crippen LogP contribution < -0.4 is 15.4 Å². The fourth-order valence-corrected chi connectivity index (χ4v) is 5.59. The molecule has 13 heteroatoms. The van der Waals surface area contributed by atoms with Crippen molar-refractivity contribution in [2.75, 3.05) is 32.6 Å². The number of methoxy groups -OCH3 is 1. The Kier molecular flexibility index (Phi) is 9.38. The third kappa shape index (κ3) is 6.27. The minimum Gasteiger partial charge on any atom is -0.481 e. The Morgan fingerprint density at radius 2 is 1.84 bits per heavy atom. The topological polar surface area (TPSA) is 134 Å². The Morgan fingerprint density at radius 1 is 1.12 bits per heavy atom. The lowest BCUT2D eigenvalue weighted by molar-refractivity contribution is -0.110. The highest BCUT2D eigenvalue weighted by atomic mass is 35.5. The van der Waals surface area contributed by atoms with E-state index in [-0.39, 0.29) is 19.1 Å². The van der Waals surface area contributed by atoms with E-state index in [9.17, 15) is 14.7 Å². The quantitative estimate of drug-likeness (QED) is 0.226. The molecule has 4 aromatic rings. The van der Waals surface area contributed by atoms with Gasteiger partial charge in [0, 0.05) is 67.2 Å². The molecular formula is C30H31Cl2N7O4. The van der Waals surface area contributed by atoms with Gasteiger partial charge in [0.1, 0.15) is 6.29 Å². The molecule has 224 valence electrons. The number of likely N-dealkylation sites (N-methyl/N-ethyl adjacent to an activating group) is 1. The molecule has 1 aliphatic rings. The molecule has 0 saturated carbocycles. The van der Waals surface area contributed by atoms with Crippen LogP contribution in [0, 0.1) is 0 Å². The number of aromatic nitrogens is 4. The molecule has 0 saturated heterocycles. The van der Waals surface area contributed by atoms with E-state index in [1.807, 2.05) is 36.9 Å². The number of carbonyl (C=O) groups excluding carboxylic acids is 2. The number of imidazole rings is 1. The number of fused-ring (bicyclic) bond motifs is 1. The van der Waals surface area contributed by atoms with Crippen LogP contribution in [0.5, 0.6) is 5.88 Å². The van der Waals surface area contributed by atoms with Crippen molar-refractivity contribution >= 4 is 41.1 Å². The van der Waals surface area contributed by atoms with Crippen molar-refractivity contribution < 1.29 is 19.4 Å². The molecule has 3 N–H and O–H groups in total. The van der Waals surface area contributed by atoms with Gasteiger partial charge in [-0.2, -0.15) is 4.98 Å². The summed E-state index contributed by atoms with van der Waals surface area (Å²) < 4.78 is 7.30. The lowest BCUT2D eigenvalue weighted by Gasteiger charge is -2.21. The molecule has 0 radical (unpaired) electrons. The van der Waals surface area contributed by atoms with Crippen molar-refractivity contribution in [1.82, 2.24) is 29.7 Å². The maximum Gasteiger partial charge on any atom is 0.291 e. The number of aldehydes is 1. The standard InChI is InChI=1S/C30H31Cl2N7O4/c1-38-11-10-24-23(14-38)35-28(39(24)2)29(42)36-22-9-5-7-20(26(22)32)19-6-4-8-21(25(19)31)27-34-13-17(30(37-27)43-3)12-33-18(15-40)16-41/h4-9,13,15,18,33,41H,10-12,14,16H2,1-3H3,(H,36,42). The first-order valence-corrected chi connectivity index (χ1v) is 14.3. The monoisotopic (exact) mass is 623 g/mol. The molecule has 1 atom stereocenters. The fourth-order valence-electron chi connectivity index (χ4n) is 5.01. The number of nitrogens with zero attached hydrogens (tertiary/aromatic N) is 5. The molecule has 1 amide bonds. The number of carbonyl (C=O) groups is 2. The summed E-state index contributed by atoms with van der Waals surface area (Å²) >= 11 is 13.8. The predicted octanol–water partition coefficient (Wildman–Crippen LogP) is 3.75. The highest BCUT2D eigenvalue weighted by molar-refractivity contribution is 6.39. The number of ether oxygens (including phenoxy) is 1. The molecule has 2 aromatic carbocycles. The van der Waals surface area contributed by atoms with Crippen molar-refractivity contribution in [2.45, 2.75) is 25.6 Å². The number of halogens is 2. The minimum atomic E-state index is -0.711. The summed E-state index contributed by atoms with van der Waals surface area (Å²) in [5.41, 5.74) is 4.78. The van der Waals surface area contributed by atoms with E-state index in [1.54, 1.807) is 24.4 Å². The Labute approximate surface area is 258 Å². The van der Waals surface area contributed by atoms with Gasteiger partial charge in [0.25, 0.3) is 5.91 Å². The lowest BCUT2D eigenvalue weighted by Crippen LogP contribution is -2.33. The summed E-state index contributed by atoms with van der Waals surface area (Å²) in [5.74, 6) is 0.593. The molecule has 3 heterocycles. The first-order chi connectivity index (χ1) is 20.7. The number of hydrogen-bond donors (Lipinski definition) is 3. The third-order valence-electron chi connectivity index (χ3n) is 7.36. The number of nitrogens with one attached hydrogen (secondary N) is 2. The molecule has 1 unspecified atom stereocenters. The fraction of sp³-hybridized carbons (Fsp3) is 0.300. The van der Waals surface area contributed by atoms with E-state index < -0.39 is 6.04 Å². The summed E-state index contributed by atoms with van der Waals surface area (Å²) in [4.78, 5) is 40.1. The summed E-state index contributed by atoms with van der Waals surface area (Å²) in [6.45, 7) is 1.49. The second-order valence-electron chi connectivity index (χ2n) is 10.2. The maximum atomic E-state index is 13.3. The van der Waals surface area contributed by atoms with Crippen LogP contribution in [0.25, 0.3) is 22.5 Å². The molecule has 0 spiro atoms. The summed E-state index contributed by atoms with van der Waals surface area (Å²) in [5, 5.41) is 15.8. The Balaban J connectivity index is 1.42. The van der Waals surface area contributed by atoms with Crippen molar-refractivity contribution in [3.8, 4) is 28.4 Å². The van der Waals surface area contributed by atoms with E-state index in [0.717, 1.165) is 24.4 Å². The van der Waals surface area contributed by atoms with Crippen molar-refractivity contribution in [3.05, 3.63) is 75.4 Å². The summed E-state index contributed by atoms with van der Waals surface area (Å²) in [6, 6.07) is 10.0. The third-order valence-corrected chi connectivity index (χ3v) is 8.17. The van der Waals surface area contributed by atoms with E-state index in [4.69, 9.17) is 27.9 Å². The van der Waals surface area contributed by atoms with E-state index in [1.165, 1.54) is 7.11 Å². The summed E-state index contributed by atoms with van der Waals surface area (Å²) in [7, 11) is 5.37. The molecule has 0 bridgehead atoms. The zero-order valence-corrected chi connectivity index (χ0v) is 25.4. The average Bonchev–Trinajstić information content (AvgIpc) is 3.34. The maximum absolute atomic E-state index is 13.3. The van der Waals surface area contributed by atoms with Gasteiger partial charge in [0.2, 0.25) is 5.88 Å². The first-order valence-electron chi connectivity index (χ1n) is 13.6. The van der Waals surface area contributed by atoms with Gasteiger partial charge in [0.05, 0.1) is 41.2 Å². The van der Waals surface area contributed by atoms with Crippen LogP contribution in [0.3, 0.4) is 0 Å². The van der Waals surface area contributed by atoms with Crippen LogP contribution in [-0.2, 0) is 31.4 Å². The van der Waals surface area contributed by atoms with Crippen LogP contribution >= 0.6 is 23.2 Å². The van der Waals surface area contributed by atoms with Crippen molar-refractivity contribution in [3.63, 3.8) is 0 Å². The largest absolute Gasteiger partial charge is 0.481 e.